The lowest BCUT2D eigenvalue weighted by Gasteiger charge is -2.37. The fourth-order valence-corrected chi connectivity index (χ4v) is 3.85. The van der Waals surface area contributed by atoms with Crippen molar-refractivity contribution in [2.75, 3.05) is 20.3 Å². The van der Waals surface area contributed by atoms with E-state index in [4.69, 9.17) is 14.2 Å². The van der Waals surface area contributed by atoms with Crippen LogP contribution >= 0.6 is 15.9 Å². The molecule has 1 aromatic heterocycles. The Morgan fingerprint density at radius 2 is 1.85 bits per heavy atom. The summed E-state index contributed by atoms with van der Waals surface area (Å²) >= 11 is 3.55. The van der Waals surface area contributed by atoms with E-state index in [1.54, 1.807) is 19.6 Å². The van der Waals surface area contributed by atoms with Crippen molar-refractivity contribution in [3.05, 3.63) is 71.2 Å². The number of hydrogen-bond acceptors (Lipinski definition) is 4. The van der Waals surface area contributed by atoms with Gasteiger partial charge >= 0.3 is 0 Å². The summed E-state index contributed by atoms with van der Waals surface area (Å²) < 4.78 is 20.5. The predicted octanol–water partition coefficient (Wildman–Crippen LogP) is 4.61. The van der Waals surface area contributed by atoms with Crippen LogP contribution in [0.3, 0.4) is 0 Å². The molecular formula is C21H21BrN2O3. The molecule has 4 rings (SSSR count). The summed E-state index contributed by atoms with van der Waals surface area (Å²) in [4.78, 5) is 4.13. The molecule has 0 radical (unpaired) electrons. The van der Waals surface area contributed by atoms with Crippen molar-refractivity contribution in [1.29, 1.82) is 0 Å². The topological polar surface area (TPSA) is 45.5 Å². The van der Waals surface area contributed by atoms with Crippen LogP contribution in [0.1, 0.15) is 12.0 Å². The maximum absolute atomic E-state index is 6.13. The lowest BCUT2D eigenvalue weighted by Crippen LogP contribution is -2.41. The Bertz CT molecular complexity index is 888. The molecule has 6 heteroatoms. The number of aromatic nitrogens is 2. The molecule has 0 spiro atoms. The predicted molar refractivity (Wildman–Crippen MR) is 107 cm³/mol. The third-order valence-corrected chi connectivity index (χ3v) is 5.34. The zero-order valence-corrected chi connectivity index (χ0v) is 16.7. The van der Waals surface area contributed by atoms with E-state index in [9.17, 15) is 0 Å². The fraction of sp³-hybridized carbons (Fsp3) is 0.286. The Hall–Kier alpha value is -2.15. The van der Waals surface area contributed by atoms with E-state index in [0.717, 1.165) is 33.3 Å². The minimum absolute atomic E-state index is 0.570. The van der Waals surface area contributed by atoms with Crippen molar-refractivity contribution in [3.8, 4) is 16.9 Å². The molecule has 0 atom stereocenters. The largest absolute Gasteiger partial charge is 0.496 e. The average Bonchev–Trinajstić information content (AvgIpc) is 3.21. The van der Waals surface area contributed by atoms with Crippen molar-refractivity contribution < 1.29 is 14.2 Å². The first-order valence-electron chi connectivity index (χ1n) is 8.88. The summed E-state index contributed by atoms with van der Waals surface area (Å²) in [5.74, 6) is 0.0384. The second-order valence-corrected chi connectivity index (χ2v) is 7.32. The molecule has 27 heavy (non-hydrogen) atoms. The Morgan fingerprint density at radius 3 is 2.48 bits per heavy atom. The van der Waals surface area contributed by atoms with Gasteiger partial charge in [-0.3, -0.25) is 0 Å². The van der Waals surface area contributed by atoms with Gasteiger partial charge < -0.3 is 18.8 Å². The molecule has 5 nitrogen and oxygen atoms in total. The van der Waals surface area contributed by atoms with E-state index >= 15 is 0 Å². The highest BCUT2D eigenvalue weighted by atomic mass is 79.9. The molecule has 1 fully saturated rings. The second kappa shape index (κ2) is 7.84. The molecule has 3 aromatic rings. The molecule has 2 aromatic carbocycles. The SMILES string of the molecule is COc1ccc(-c2ccc(C3(Cn4ccnc4)OCCCO3)cc2)cc1Br. The molecule has 0 N–H and O–H groups in total. The van der Waals surface area contributed by atoms with Gasteiger partial charge in [-0.1, -0.05) is 30.3 Å². The molecule has 0 bridgehead atoms. The van der Waals surface area contributed by atoms with Crippen LogP contribution in [0.4, 0.5) is 0 Å². The van der Waals surface area contributed by atoms with Crippen molar-refractivity contribution in [3.63, 3.8) is 0 Å². The maximum atomic E-state index is 6.13. The van der Waals surface area contributed by atoms with E-state index in [1.807, 2.05) is 22.9 Å². The van der Waals surface area contributed by atoms with E-state index < -0.39 is 5.79 Å². The Morgan fingerprint density at radius 1 is 1.11 bits per heavy atom. The van der Waals surface area contributed by atoms with Crippen LogP contribution in [0.15, 0.2) is 65.7 Å². The van der Waals surface area contributed by atoms with Gasteiger partial charge in [0.15, 0.2) is 0 Å². The average molecular weight is 429 g/mol. The van der Waals surface area contributed by atoms with E-state index in [0.29, 0.717) is 19.8 Å². The van der Waals surface area contributed by atoms with Gasteiger partial charge in [0.1, 0.15) is 5.75 Å². The fourth-order valence-electron chi connectivity index (χ4n) is 3.31. The van der Waals surface area contributed by atoms with Crippen LogP contribution < -0.4 is 4.74 Å². The minimum atomic E-state index is -0.780. The van der Waals surface area contributed by atoms with Crippen molar-refractivity contribution >= 4 is 15.9 Å². The summed E-state index contributed by atoms with van der Waals surface area (Å²) in [7, 11) is 1.67. The number of nitrogens with zero attached hydrogens (tertiary/aromatic N) is 2. The summed E-state index contributed by atoms with van der Waals surface area (Å²) in [5, 5.41) is 0. The number of halogens is 1. The molecule has 1 saturated heterocycles. The third kappa shape index (κ3) is 3.78. The van der Waals surface area contributed by atoms with Crippen LogP contribution in [-0.2, 0) is 21.8 Å². The first-order chi connectivity index (χ1) is 13.2. The van der Waals surface area contributed by atoms with Crippen LogP contribution in [0.25, 0.3) is 11.1 Å². The van der Waals surface area contributed by atoms with Gasteiger partial charge in [-0.05, 0) is 45.6 Å². The zero-order chi connectivity index (χ0) is 18.7. The van der Waals surface area contributed by atoms with E-state index in [-0.39, 0.29) is 0 Å². The minimum Gasteiger partial charge on any atom is -0.496 e. The maximum Gasteiger partial charge on any atom is 0.213 e. The van der Waals surface area contributed by atoms with E-state index in [2.05, 4.69) is 51.2 Å². The van der Waals surface area contributed by atoms with Crippen molar-refractivity contribution in [2.45, 2.75) is 18.8 Å². The number of ether oxygens (including phenoxy) is 3. The second-order valence-electron chi connectivity index (χ2n) is 6.47. The number of imidazole rings is 1. The molecule has 0 saturated carbocycles. The smallest absolute Gasteiger partial charge is 0.213 e. The third-order valence-electron chi connectivity index (χ3n) is 4.72. The lowest BCUT2D eigenvalue weighted by molar-refractivity contribution is -0.283. The van der Waals surface area contributed by atoms with Crippen LogP contribution in [0, 0.1) is 0 Å². The highest BCUT2D eigenvalue weighted by Crippen LogP contribution is 2.35. The standard InChI is InChI=1S/C21H21BrN2O3/c1-25-20-8-5-17(13-19(20)22)16-3-6-18(7-4-16)21(26-11-2-12-27-21)14-24-10-9-23-15-24/h3-10,13,15H,2,11-12,14H2,1H3. The quantitative estimate of drug-likeness (QED) is 0.594. The number of methoxy groups -OCH3 is 1. The normalized spacial score (nSPS) is 16.2. The summed E-state index contributed by atoms with van der Waals surface area (Å²) in [6, 6.07) is 14.4. The molecule has 1 aliphatic heterocycles. The lowest BCUT2D eigenvalue weighted by atomic mass is 9.99. The highest BCUT2D eigenvalue weighted by molar-refractivity contribution is 9.10. The van der Waals surface area contributed by atoms with Gasteiger partial charge in [-0.25, -0.2) is 4.98 Å². The summed E-state index contributed by atoms with van der Waals surface area (Å²) in [6.07, 6.45) is 6.38. The number of benzene rings is 2. The van der Waals surface area contributed by atoms with Gasteiger partial charge in [0.05, 0.1) is 37.7 Å². The summed E-state index contributed by atoms with van der Waals surface area (Å²) in [6.45, 7) is 1.93. The van der Waals surface area contributed by atoms with Gasteiger partial charge in [0.2, 0.25) is 5.79 Å². The monoisotopic (exact) mass is 428 g/mol. The molecular weight excluding hydrogens is 408 g/mol. The van der Waals surface area contributed by atoms with Crippen LogP contribution in [0.5, 0.6) is 5.75 Å². The summed E-state index contributed by atoms with van der Waals surface area (Å²) in [5.41, 5.74) is 3.24. The Kier molecular flexibility index (Phi) is 5.29. The van der Waals surface area contributed by atoms with Gasteiger partial charge in [0.25, 0.3) is 0 Å². The van der Waals surface area contributed by atoms with Crippen molar-refractivity contribution in [2.24, 2.45) is 0 Å². The molecule has 1 aliphatic rings. The first kappa shape index (κ1) is 18.2. The van der Waals surface area contributed by atoms with Crippen molar-refractivity contribution in [1.82, 2.24) is 9.55 Å². The Labute approximate surface area is 167 Å². The molecule has 0 amide bonds. The highest BCUT2D eigenvalue weighted by Gasteiger charge is 2.37. The van der Waals surface area contributed by atoms with Crippen LogP contribution in [-0.4, -0.2) is 29.9 Å². The van der Waals surface area contributed by atoms with Crippen LogP contribution in [0.2, 0.25) is 0 Å². The first-order valence-corrected chi connectivity index (χ1v) is 9.68. The number of hydrogen-bond donors (Lipinski definition) is 0. The molecule has 2 heterocycles. The molecule has 0 unspecified atom stereocenters. The Balaban J connectivity index is 1.63. The number of rotatable bonds is 5. The van der Waals surface area contributed by atoms with Gasteiger partial charge in [0, 0.05) is 18.0 Å². The zero-order valence-electron chi connectivity index (χ0n) is 15.1. The van der Waals surface area contributed by atoms with E-state index in [1.165, 1.54) is 0 Å². The molecule has 140 valence electrons. The van der Waals surface area contributed by atoms with Gasteiger partial charge in [-0.15, -0.1) is 0 Å². The molecule has 0 aliphatic carbocycles. The van der Waals surface area contributed by atoms with Gasteiger partial charge in [-0.2, -0.15) is 0 Å².